The molecule has 0 aliphatic carbocycles. The highest BCUT2D eigenvalue weighted by Crippen LogP contribution is 2.24. The summed E-state index contributed by atoms with van der Waals surface area (Å²) in [5.41, 5.74) is 2.40. The minimum Gasteiger partial charge on any atom is -0.497 e. The number of ketones is 1. The molecule has 4 nitrogen and oxygen atoms in total. The SMILES string of the molecule is COc1ccc(CCC(=O)Nc2ccc(Cl)cc2C(=O)c2ccccc2)cc1. The van der Waals surface area contributed by atoms with Crippen molar-refractivity contribution in [1.82, 2.24) is 0 Å². The predicted molar refractivity (Wildman–Crippen MR) is 111 cm³/mol. The number of hydrogen-bond acceptors (Lipinski definition) is 3. The highest BCUT2D eigenvalue weighted by atomic mass is 35.5. The monoisotopic (exact) mass is 393 g/mol. The van der Waals surface area contributed by atoms with Crippen molar-refractivity contribution in [3.05, 3.63) is 94.5 Å². The number of nitrogens with one attached hydrogen (secondary N) is 1. The highest BCUT2D eigenvalue weighted by Gasteiger charge is 2.16. The maximum absolute atomic E-state index is 12.8. The molecular weight excluding hydrogens is 374 g/mol. The van der Waals surface area contributed by atoms with E-state index in [9.17, 15) is 9.59 Å². The number of carbonyl (C=O) groups is 2. The summed E-state index contributed by atoms with van der Waals surface area (Å²) >= 11 is 6.08. The second-order valence-corrected chi connectivity index (χ2v) is 6.72. The van der Waals surface area contributed by atoms with Crippen LogP contribution in [0.2, 0.25) is 5.02 Å². The Morgan fingerprint density at radius 1 is 0.964 bits per heavy atom. The lowest BCUT2D eigenvalue weighted by atomic mass is 10.0. The molecule has 1 amide bonds. The summed E-state index contributed by atoms with van der Waals surface area (Å²) in [6.45, 7) is 0. The number of benzene rings is 3. The number of aryl methyl sites for hydroxylation is 1. The average Bonchev–Trinajstić information content (AvgIpc) is 2.74. The zero-order valence-electron chi connectivity index (χ0n) is 15.4. The predicted octanol–water partition coefficient (Wildman–Crippen LogP) is 5.15. The number of rotatable bonds is 7. The quantitative estimate of drug-likeness (QED) is 0.564. The van der Waals surface area contributed by atoms with Gasteiger partial charge in [0, 0.05) is 22.6 Å². The lowest BCUT2D eigenvalue weighted by Gasteiger charge is -2.11. The van der Waals surface area contributed by atoms with Gasteiger partial charge in [0.2, 0.25) is 5.91 Å². The molecule has 1 N–H and O–H groups in total. The number of halogens is 1. The van der Waals surface area contributed by atoms with Crippen LogP contribution in [0.25, 0.3) is 0 Å². The molecule has 0 bridgehead atoms. The minimum absolute atomic E-state index is 0.166. The number of anilines is 1. The molecule has 0 spiro atoms. The van der Waals surface area contributed by atoms with Gasteiger partial charge in [-0.15, -0.1) is 0 Å². The van der Waals surface area contributed by atoms with Crippen molar-refractivity contribution in [2.24, 2.45) is 0 Å². The molecule has 5 heteroatoms. The van der Waals surface area contributed by atoms with E-state index < -0.39 is 0 Å². The minimum atomic E-state index is -0.187. The fraction of sp³-hybridized carbons (Fsp3) is 0.130. The van der Waals surface area contributed by atoms with Gasteiger partial charge in [-0.05, 0) is 42.3 Å². The molecule has 0 heterocycles. The van der Waals surface area contributed by atoms with Crippen molar-refractivity contribution in [3.8, 4) is 5.75 Å². The summed E-state index contributed by atoms with van der Waals surface area (Å²) in [6, 6.07) is 21.4. The van der Waals surface area contributed by atoms with Gasteiger partial charge in [-0.3, -0.25) is 9.59 Å². The van der Waals surface area contributed by atoms with Crippen molar-refractivity contribution in [3.63, 3.8) is 0 Å². The molecule has 0 saturated heterocycles. The van der Waals surface area contributed by atoms with Crippen LogP contribution in [-0.2, 0) is 11.2 Å². The summed E-state index contributed by atoms with van der Waals surface area (Å²) in [5.74, 6) is 0.423. The fourth-order valence-corrected chi connectivity index (χ4v) is 2.99. The molecular formula is C23H20ClNO3. The fourth-order valence-electron chi connectivity index (χ4n) is 2.82. The van der Waals surface area contributed by atoms with E-state index in [1.165, 1.54) is 0 Å². The summed E-state index contributed by atoms with van der Waals surface area (Å²) < 4.78 is 5.13. The largest absolute Gasteiger partial charge is 0.497 e. The normalized spacial score (nSPS) is 10.4. The van der Waals surface area contributed by atoms with Crippen molar-refractivity contribution in [1.29, 1.82) is 0 Å². The smallest absolute Gasteiger partial charge is 0.224 e. The molecule has 3 aromatic rings. The van der Waals surface area contributed by atoms with E-state index in [2.05, 4.69) is 5.32 Å². The van der Waals surface area contributed by atoms with Crippen LogP contribution in [0.4, 0.5) is 5.69 Å². The maximum Gasteiger partial charge on any atom is 0.224 e. The summed E-state index contributed by atoms with van der Waals surface area (Å²) in [6.07, 6.45) is 0.888. The van der Waals surface area contributed by atoms with Gasteiger partial charge >= 0.3 is 0 Å². The van der Waals surface area contributed by atoms with Crippen LogP contribution in [0.15, 0.2) is 72.8 Å². The van der Waals surface area contributed by atoms with E-state index in [4.69, 9.17) is 16.3 Å². The van der Waals surface area contributed by atoms with E-state index in [1.54, 1.807) is 49.6 Å². The number of methoxy groups -OCH3 is 1. The molecule has 0 aliphatic heterocycles. The summed E-state index contributed by atoms with van der Waals surface area (Å²) in [7, 11) is 1.61. The van der Waals surface area contributed by atoms with Crippen molar-refractivity contribution in [2.75, 3.05) is 12.4 Å². The Kier molecular flexibility index (Phi) is 6.45. The van der Waals surface area contributed by atoms with E-state index in [0.29, 0.717) is 34.7 Å². The van der Waals surface area contributed by atoms with Crippen molar-refractivity contribution < 1.29 is 14.3 Å². The Balaban J connectivity index is 1.71. The first-order chi connectivity index (χ1) is 13.6. The molecule has 0 aromatic heterocycles. The topological polar surface area (TPSA) is 55.4 Å². The number of hydrogen-bond donors (Lipinski definition) is 1. The van der Waals surface area contributed by atoms with Gasteiger partial charge < -0.3 is 10.1 Å². The molecule has 0 saturated carbocycles. The van der Waals surface area contributed by atoms with Crippen LogP contribution in [-0.4, -0.2) is 18.8 Å². The molecule has 0 radical (unpaired) electrons. The van der Waals surface area contributed by atoms with Crippen LogP contribution < -0.4 is 10.1 Å². The third kappa shape index (κ3) is 4.99. The van der Waals surface area contributed by atoms with Crippen LogP contribution in [0, 0.1) is 0 Å². The first-order valence-electron chi connectivity index (χ1n) is 8.89. The van der Waals surface area contributed by atoms with E-state index in [1.807, 2.05) is 30.3 Å². The van der Waals surface area contributed by atoms with Crippen molar-refractivity contribution >= 4 is 29.0 Å². The second kappa shape index (κ2) is 9.20. The van der Waals surface area contributed by atoms with Crippen LogP contribution in [0.3, 0.4) is 0 Å². The number of ether oxygens (including phenoxy) is 1. The van der Waals surface area contributed by atoms with Gasteiger partial charge in [-0.1, -0.05) is 54.1 Å². The number of carbonyl (C=O) groups excluding carboxylic acids is 2. The summed E-state index contributed by atoms with van der Waals surface area (Å²) in [4.78, 5) is 25.2. The third-order valence-corrected chi connectivity index (χ3v) is 4.57. The Morgan fingerprint density at radius 3 is 2.36 bits per heavy atom. The molecule has 3 aromatic carbocycles. The first kappa shape index (κ1) is 19.6. The Hall–Kier alpha value is -3.11. The van der Waals surface area contributed by atoms with E-state index in [0.717, 1.165) is 11.3 Å². The molecule has 0 unspecified atom stereocenters. The lowest BCUT2D eigenvalue weighted by Crippen LogP contribution is -2.15. The number of amides is 1. The van der Waals surface area contributed by atoms with Crippen LogP contribution in [0.5, 0.6) is 5.75 Å². The third-order valence-electron chi connectivity index (χ3n) is 4.34. The molecule has 28 heavy (non-hydrogen) atoms. The standard InChI is InChI=1S/C23H20ClNO3/c1-28-19-11-7-16(8-12-19)9-14-22(26)25-21-13-10-18(24)15-20(21)23(27)17-5-3-2-4-6-17/h2-8,10-13,15H,9,14H2,1H3,(H,25,26). The van der Waals surface area contributed by atoms with Crippen LogP contribution in [0.1, 0.15) is 27.9 Å². The van der Waals surface area contributed by atoms with Gasteiger partial charge in [0.25, 0.3) is 0 Å². The van der Waals surface area contributed by atoms with Gasteiger partial charge in [0.1, 0.15) is 5.75 Å². The highest BCUT2D eigenvalue weighted by molar-refractivity contribution is 6.31. The average molecular weight is 394 g/mol. The molecule has 142 valence electrons. The molecule has 0 fully saturated rings. The first-order valence-corrected chi connectivity index (χ1v) is 9.26. The van der Waals surface area contributed by atoms with Crippen molar-refractivity contribution in [2.45, 2.75) is 12.8 Å². The van der Waals surface area contributed by atoms with E-state index in [-0.39, 0.29) is 11.7 Å². The molecule has 0 aliphatic rings. The Labute approximate surface area is 169 Å². The van der Waals surface area contributed by atoms with E-state index >= 15 is 0 Å². The summed E-state index contributed by atoms with van der Waals surface area (Å²) in [5, 5.41) is 3.28. The zero-order valence-corrected chi connectivity index (χ0v) is 16.2. The van der Waals surface area contributed by atoms with Gasteiger partial charge in [-0.2, -0.15) is 0 Å². The van der Waals surface area contributed by atoms with Crippen LogP contribution >= 0.6 is 11.6 Å². The van der Waals surface area contributed by atoms with Gasteiger partial charge in [0.15, 0.2) is 5.78 Å². The molecule has 0 atom stereocenters. The molecule has 3 rings (SSSR count). The van der Waals surface area contributed by atoms with Gasteiger partial charge in [-0.25, -0.2) is 0 Å². The Morgan fingerprint density at radius 2 is 1.68 bits per heavy atom. The maximum atomic E-state index is 12.8. The zero-order chi connectivity index (χ0) is 19.9. The Bertz CT molecular complexity index is 969. The second-order valence-electron chi connectivity index (χ2n) is 6.28. The van der Waals surface area contributed by atoms with Gasteiger partial charge in [0.05, 0.1) is 12.8 Å². The lowest BCUT2D eigenvalue weighted by molar-refractivity contribution is -0.116.